The van der Waals surface area contributed by atoms with Crippen molar-refractivity contribution in [3.63, 3.8) is 0 Å². The van der Waals surface area contributed by atoms with Crippen LogP contribution in [0.5, 0.6) is 0 Å². The summed E-state index contributed by atoms with van der Waals surface area (Å²) in [5.41, 5.74) is 5.20. The largest absolute Gasteiger partial charge is 0.351 e. The minimum absolute atomic E-state index is 0.0303. The first-order valence-electron chi connectivity index (χ1n) is 12.3. The third-order valence-corrected chi connectivity index (χ3v) is 5.41. The van der Waals surface area contributed by atoms with Crippen LogP contribution in [0.3, 0.4) is 0 Å². The summed E-state index contributed by atoms with van der Waals surface area (Å²) in [5.74, 6) is -2.31. The molecule has 1 aliphatic carbocycles. The molecule has 36 heavy (non-hydrogen) atoms. The Labute approximate surface area is 212 Å². The molecule has 0 aromatic rings. The van der Waals surface area contributed by atoms with Gasteiger partial charge in [0.25, 0.3) is 0 Å². The zero-order valence-electron chi connectivity index (χ0n) is 21.1. The Morgan fingerprint density at radius 1 is 0.944 bits per heavy atom. The first kappa shape index (κ1) is 30.8. The highest BCUT2D eigenvalue weighted by Gasteiger charge is 2.24. The van der Waals surface area contributed by atoms with Crippen LogP contribution in [0.2, 0.25) is 0 Å². The number of amides is 5. The minimum atomic E-state index is -0.907. The van der Waals surface area contributed by atoms with Gasteiger partial charge in [-0.25, -0.2) is 0 Å². The van der Waals surface area contributed by atoms with E-state index in [1.165, 1.54) is 0 Å². The van der Waals surface area contributed by atoms with E-state index < -0.39 is 29.7 Å². The number of hydrogen-bond acceptors (Lipinski definition) is 7. The summed E-state index contributed by atoms with van der Waals surface area (Å²) >= 11 is 0. The number of ether oxygens (including phenoxy) is 1. The number of hydrogen-bond donors (Lipinski definition) is 6. The molecule has 0 heterocycles. The summed E-state index contributed by atoms with van der Waals surface area (Å²) in [7, 11) is 0. The van der Waals surface area contributed by atoms with E-state index in [4.69, 9.17) is 10.5 Å². The summed E-state index contributed by atoms with van der Waals surface area (Å²) in [5, 5.41) is 12.8. The normalized spacial score (nSPS) is 15.9. The second-order valence-electron chi connectivity index (χ2n) is 8.42. The van der Waals surface area contributed by atoms with Crippen LogP contribution in [-0.2, 0) is 28.7 Å². The van der Waals surface area contributed by atoms with E-state index in [0.29, 0.717) is 12.8 Å². The van der Waals surface area contributed by atoms with Gasteiger partial charge in [-0.1, -0.05) is 44.6 Å². The van der Waals surface area contributed by atoms with Crippen molar-refractivity contribution in [1.82, 2.24) is 26.6 Å². The zero-order chi connectivity index (χ0) is 26.8. The number of nitrogens with two attached hydrogens (primary N) is 1. The Morgan fingerprint density at radius 3 is 2.33 bits per heavy atom. The van der Waals surface area contributed by atoms with Crippen molar-refractivity contribution >= 4 is 29.5 Å². The van der Waals surface area contributed by atoms with Crippen LogP contribution in [0.25, 0.3) is 0 Å². The maximum absolute atomic E-state index is 12.7. The average molecular weight is 509 g/mol. The number of carbonyl (C=O) groups is 5. The van der Waals surface area contributed by atoms with Gasteiger partial charge in [0.05, 0.1) is 19.6 Å². The van der Waals surface area contributed by atoms with Crippen molar-refractivity contribution in [3.05, 3.63) is 24.3 Å². The predicted molar refractivity (Wildman–Crippen MR) is 134 cm³/mol. The number of nitrogens with one attached hydrogen (secondary N) is 5. The SMILES string of the molecule is CCC[C@@H](CC)NC(=O)COCNC(=O)CNC(=O)[C@H](CC1C=CC=CC1)NC(=O)CNC(=O)CN. The Balaban J connectivity index is 2.44. The van der Waals surface area contributed by atoms with Crippen LogP contribution >= 0.6 is 0 Å². The van der Waals surface area contributed by atoms with Gasteiger partial charge in [-0.3, -0.25) is 24.0 Å². The van der Waals surface area contributed by atoms with Crippen molar-refractivity contribution < 1.29 is 28.7 Å². The third-order valence-electron chi connectivity index (χ3n) is 5.41. The molecule has 0 fully saturated rings. The van der Waals surface area contributed by atoms with Crippen LogP contribution in [0.15, 0.2) is 24.3 Å². The van der Waals surface area contributed by atoms with E-state index in [0.717, 1.165) is 19.3 Å². The molecule has 1 aliphatic rings. The lowest BCUT2D eigenvalue weighted by Crippen LogP contribution is -2.52. The van der Waals surface area contributed by atoms with Gasteiger partial charge in [0, 0.05) is 6.04 Å². The molecule has 1 rings (SSSR count). The Hall–Kier alpha value is -3.25. The molecule has 3 atom stereocenters. The van der Waals surface area contributed by atoms with Crippen LogP contribution in [0.4, 0.5) is 0 Å². The zero-order valence-corrected chi connectivity index (χ0v) is 21.1. The Morgan fingerprint density at radius 2 is 1.69 bits per heavy atom. The molecule has 202 valence electrons. The highest BCUT2D eigenvalue weighted by molar-refractivity contribution is 5.92. The molecule has 0 saturated heterocycles. The van der Waals surface area contributed by atoms with Crippen LogP contribution in [0, 0.1) is 5.92 Å². The third kappa shape index (κ3) is 13.6. The Bertz CT molecular complexity index is 800. The lowest BCUT2D eigenvalue weighted by atomic mass is 9.93. The molecule has 0 aromatic heterocycles. The summed E-state index contributed by atoms with van der Waals surface area (Å²) < 4.78 is 5.18. The molecule has 5 amide bonds. The first-order chi connectivity index (χ1) is 17.3. The first-order valence-corrected chi connectivity index (χ1v) is 12.3. The van der Waals surface area contributed by atoms with Crippen LogP contribution in [0.1, 0.15) is 46.0 Å². The highest BCUT2D eigenvalue weighted by Crippen LogP contribution is 2.17. The van der Waals surface area contributed by atoms with E-state index >= 15 is 0 Å². The van der Waals surface area contributed by atoms with E-state index in [9.17, 15) is 24.0 Å². The molecule has 12 heteroatoms. The summed E-state index contributed by atoms with van der Waals surface area (Å²) in [6.45, 7) is 2.76. The lowest BCUT2D eigenvalue weighted by Gasteiger charge is -2.22. The van der Waals surface area contributed by atoms with Gasteiger partial charge in [-0.05, 0) is 31.6 Å². The van der Waals surface area contributed by atoms with Gasteiger partial charge in [0.15, 0.2) is 0 Å². The predicted octanol–water partition coefficient (Wildman–Crippen LogP) is -1.03. The molecule has 0 bridgehead atoms. The molecule has 7 N–H and O–H groups in total. The van der Waals surface area contributed by atoms with Crippen molar-refractivity contribution in [1.29, 1.82) is 0 Å². The summed E-state index contributed by atoms with van der Waals surface area (Å²) in [4.78, 5) is 60.2. The molecule has 0 spiro atoms. The molecule has 0 aromatic carbocycles. The fraction of sp³-hybridized carbons (Fsp3) is 0.625. The number of allylic oxidation sites excluding steroid dienone is 4. The summed E-state index contributed by atoms with van der Waals surface area (Å²) in [6, 6.07) is -0.808. The van der Waals surface area contributed by atoms with Crippen LogP contribution in [-0.4, -0.2) is 74.6 Å². The fourth-order valence-electron chi connectivity index (χ4n) is 3.46. The molecule has 0 aliphatic heterocycles. The van der Waals surface area contributed by atoms with E-state index in [1.54, 1.807) is 0 Å². The second-order valence-corrected chi connectivity index (χ2v) is 8.42. The summed E-state index contributed by atoms with van der Waals surface area (Å²) in [6.07, 6.45) is 11.4. The van der Waals surface area contributed by atoms with E-state index in [2.05, 4.69) is 26.6 Å². The maximum atomic E-state index is 12.7. The van der Waals surface area contributed by atoms with E-state index in [1.807, 2.05) is 38.2 Å². The fourth-order valence-corrected chi connectivity index (χ4v) is 3.46. The smallest absolute Gasteiger partial charge is 0.246 e. The topological polar surface area (TPSA) is 181 Å². The molecule has 12 nitrogen and oxygen atoms in total. The molecular formula is C24H40N6O6. The van der Waals surface area contributed by atoms with Crippen LogP contribution < -0.4 is 32.3 Å². The number of carbonyl (C=O) groups excluding carboxylic acids is 5. The quantitative estimate of drug-likeness (QED) is 0.107. The van der Waals surface area contributed by atoms with Gasteiger partial charge in [-0.2, -0.15) is 0 Å². The maximum Gasteiger partial charge on any atom is 0.246 e. The van der Waals surface area contributed by atoms with Gasteiger partial charge < -0.3 is 37.1 Å². The van der Waals surface area contributed by atoms with Gasteiger partial charge >= 0.3 is 0 Å². The van der Waals surface area contributed by atoms with E-state index in [-0.39, 0.29) is 50.8 Å². The van der Waals surface area contributed by atoms with Gasteiger partial charge in [0.2, 0.25) is 29.5 Å². The van der Waals surface area contributed by atoms with Gasteiger partial charge in [-0.15, -0.1) is 0 Å². The molecule has 0 radical (unpaired) electrons. The standard InChI is InChI=1S/C24H40N6O6/c1-3-8-18(4-2)29-23(34)15-36-16-28-21(32)13-27-24(35)19(11-17-9-6-5-7-10-17)30-22(33)14-26-20(31)12-25/h5-7,9,17-19H,3-4,8,10-16,25H2,1-2H3,(H,26,31)(H,27,35)(H,28,32)(H,29,34)(H,30,33)/t17?,18-,19+/m1/s1. The number of rotatable bonds is 17. The highest BCUT2D eigenvalue weighted by atomic mass is 16.5. The average Bonchev–Trinajstić information content (AvgIpc) is 2.88. The lowest BCUT2D eigenvalue weighted by molar-refractivity contribution is -0.132. The van der Waals surface area contributed by atoms with Crippen molar-refractivity contribution in [2.24, 2.45) is 11.7 Å². The monoisotopic (exact) mass is 508 g/mol. The van der Waals surface area contributed by atoms with Crippen molar-refractivity contribution in [2.45, 2.75) is 58.0 Å². The Kier molecular flexibility index (Phi) is 15.5. The van der Waals surface area contributed by atoms with Gasteiger partial charge in [0.1, 0.15) is 19.4 Å². The minimum Gasteiger partial charge on any atom is -0.351 e. The van der Waals surface area contributed by atoms with Crippen molar-refractivity contribution in [2.75, 3.05) is 33.0 Å². The molecule has 0 saturated carbocycles. The second kappa shape index (κ2) is 18.1. The van der Waals surface area contributed by atoms with Crippen molar-refractivity contribution in [3.8, 4) is 0 Å². The molecular weight excluding hydrogens is 468 g/mol. The molecule has 1 unspecified atom stereocenters.